The second-order valence-corrected chi connectivity index (χ2v) is 8.84. The molecule has 156 valence electrons. The van der Waals surface area contributed by atoms with Gasteiger partial charge in [0.2, 0.25) is 0 Å². The van der Waals surface area contributed by atoms with Gasteiger partial charge in [0.05, 0.1) is 23.4 Å². The van der Waals surface area contributed by atoms with Crippen LogP contribution in [0.2, 0.25) is 0 Å². The number of aromatic nitrogens is 4. The van der Waals surface area contributed by atoms with Crippen molar-refractivity contribution < 1.29 is 9.31 Å². The van der Waals surface area contributed by atoms with Crippen molar-refractivity contribution in [3.8, 4) is 5.82 Å². The third-order valence-electron chi connectivity index (χ3n) is 5.89. The number of anilines is 1. The SMILES string of the molecule is Cc1cnn(-c2ccc(C(C)Nc3ccc(B4OC(C)(C)C(C)(C)O4)cn3)cn2)c1. The predicted octanol–water partition coefficient (Wildman–Crippen LogP) is 3.44. The van der Waals surface area contributed by atoms with E-state index in [0.29, 0.717) is 0 Å². The third-order valence-corrected chi connectivity index (χ3v) is 5.89. The molecule has 0 saturated carbocycles. The molecular weight excluding hydrogens is 377 g/mol. The van der Waals surface area contributed by atoms with Crippen molar-refractivity contribution in [3.05, 3.63) is 60.2 Å². The van der Waals surface area contributed by atoms with Crippen LogP contribution in [0.15, 0.2) is 49.1 Å². The van der Waals surface area contributed by atoms with E-state index in [9.17, 15) is 0 Å². The van der Waals surface area contributed by atoms with Gasteiger partial charge in [0.15, 0.2) is 5.82 Å². The molecule has 7 nitrogen and oxygen atoms in total. The van der Waals surface area contributed by atoms with Crippen LogP contribution < -0.4 is 10.8 Å². The molecule has 4 rings (SSSR count). The van der Waals surface area contributed by atoms with Gasteiger partial charge in [-0.15, -0.1) is 0 Å². The van der Waals surface area contributed by atoms with Crippen molar-refractivity contribution in [2.45, 2.75) is 58.8 Å². The maximum absolute atomic E-state index is 6.09. The lowest BCUT2D eigenvalue weighted by atomic mass is 9.80. The summed E-state index contributed by atoms with van der Waals surface area (Å²) >= 11 is 0. The zero-order chi connectivity index (χ0) is 21.5. The Hall–Kier alpha value is -2.71. The van der Waals surface area contributed by atoms with Gasteiger partial charge >= 0.3 is 7.12 Å². The molecule has 4 heterocycles. The summed E-state index contributed by atoms with van der Waals surface area (Å²) in [6.45, 7) is 12.3. The molecule has 3 aromatic rings. The van der Waals surface area contributed by atoms with Crippen LogP contribution in [-0.4, -0.2) is 38.1 Å². The molecule has 1 unspecified atom stereocenters. The average Bonchev–Trinajstić information content (AvgIpc) is 3.22. The van der Waals surface area contributed by atoms with Crippen molar-refractivity contribution >= 4 is 18.4 Å². The maximum Gasteiger partial charge on any atom is 0.496 e. The van der Waals surface area contributed by atoms with Crippen LogP contribution in [0.1, 0.15) is 51.8 Å². The van der Waals surface area contributed by atoms with Crippen LogP contribution >= 0.6 is 0 Å². The first-order valence-electron chi connectivity index (χ1n) is 10.2. The van der Waals surface area contributed by atoms with Crippen LogP contribution in [0.25, 0.3) is 5.82 Å². The number of pyridine rings is 2. The third kappa shape index (κ3) is 3.97. The second kappa shape index (κ2) is 7.52. The fourth-order valence-electron chi connectivity index (χ4n) is 3.24. The summed E-state index contributed by atoms with van der Waals surface area (Å²) in [6, 6.07) is 8.02. The van der Waals surface area contributed by atoms with Crippen LogP contribution in [0, 0.1) is 6.92 Å². The Morgan fingerprint density at radius 1 is 0.967 bits per heavy atom. The monoisotopic (exact) mass is 405 g/mol. The zero-order valence-corrected chi connectivity index (χ0v) is 18.4. The lowest BCUT2D eigenvalue weighted by Crippen LogP contribution is -2.41. The van der Waals surface area contributed by atoms with E-state index < -0.39 is 7.12 Å². The lowest BCUT2D eigenvalue weighted by molar-refractivity contribution is 0.00578. The minimum Gasteiger partial charge on any atom is -0.399 e. The first kappa shape index (κ1) is 20.6. The summed E-state index contributed by atoms with van der Waals surface area (Å²) in [5, 5.41) is 7.71. The number of nitrogens with zero attached hydrogens (tertiary/aromatic N) is 4. The Morgan fingerprint density at radius 3 is 2.23 bits per heavy atom. The molecule has 3 aromatic heterocycles. The van der Waals surface area contributed by atoms with Gasteiger partial charge in [0.25, 0.3) is 0 Å². The van der Waals surface area contributed by atoms with Gasteiger partial charge in [-0.05, 0) is 64.8 Å². The predicted molar refractivity (Wildman–Crippen MR) is 118 cm³/mol. The average molecular weight is 405 g/mol. The van der Waals surface area contributed by atoms with Gasteiger partial charge < -0.3 is 14.6 Å². The Labute approximate surface area is 178 Å². The summed E-state index contributed by atoms with van der Waals surface area (Å²) in [6.07, 6.45) is 7.44. The fourth-order valence-corrected chi connectivity index (χ4v) is 3.24. The normalized spacial score (nSPS) is 18.4. The lowest BCUT2D eigenvalue weighted by Gasteiger charge is -2.32. The van der Waals surface area contributed by atoms with Gasteiger partial charge in [0.1, 0.15) is 5.82 Å². The smallest absolute Gasteiger partial charge is 0.399 e. The van der Waals surface area contributed by atoms with E-state index in [1.54, 1.807) is 10.9 Å². The second-order valence-electron chi connectivity index (χ2n) is 8.84. The van der Waals surface area contributed by atoms with Gasteiger partial charge in [-0.1, -0.05) is 12.1 Å². The molecule has 1 N–H and O–H groups in total. The van der Waals surface area contributed by atoms with E-state index in [0.717, 1.165) is 28.2 Å². The molecule has 8 heteroatoms. The summed E-state index contributed by atoms with van der Waals surface area (Å²) in [5.74, 6) is 1.58. The van der Waals surface area contributed by atoms with Crippen molar-refractivity contribution in [3.63, 3.8) is 0 Å². The number of rotatable bonds is 5. The van der Waals surface area contributed by atoms with Gasteiger partial charge in [-0.2, -0.15) is 5.10 Å². The molecular formula is C22H28BN5O2. The number of aryl methyl sites for hydroxylation is 1. The van der Waals surface area contributed by atoms with E-state index >= 15 is 0 Å². The topological polar surface area (TPSA) is 74.1 Å². The van der Waals surface area contributed by atoms with Crippen LogP contribution in [0.4, 0.5) is 5.82 Å². The molecule has 0 aromatic carbocycles. The highest BCUT2D eigenvalue weighted by Crippen LogP contribution is 2.36. The van der Waals surface area contributed by atoms with Gasteiger partial charge in [-0.25, -0.2) is 14.6 Å². The molecule has 1 atom stereocenters. The molecule has 1 saturated heterocycles. The molecule has 0 spiro atoms. The minimum absolute atomic E-state index is 0.0566. The van der Waals surface area contributed by atoms with E-state index in [1.165, 1.54) is 0 Å². The zero-order valence-electron chi connectivity index (χ0n) is 18.4. The van der Waals surface area contributed by atoms with Crippen molar-refractivity contribution in [2.75, 3.05) is 5.32 Å². The number of hydrogen-bond donors (Lipinski definition) is 1. The Morgan fingerprint density at radius 2 is 1.70 bits per heavy atom. The van der Waals surface area contributed by atoms with E-state index in [2.05, 4.69) is 33.4 Å². The van der Waals surface area contributed by atoms with Crippen LogP contribution in [-0.2, 0) is 9.31 Å². The Kier molecular flexibility index (Phi) is 5.16. The van der Waals surface area contributed by atoms with E-state index in [-0.39, 0.29) is 17.2 Å². The molecule has 1 aliphatic rings. The number of hydrogen-bond acceptors (Lipinski definition) is 6. The molecule has 1 fully saturated rings. The van der Waals surface area contributed by atoms with E-state index in [1.807, 2.05) is 71.4 Å². The summed E-state index contributed by atoms with van der Waals surface area (Å²) < 4.78 is 14.0. The van der Waals surface area contributed by atoms with Gasteiger partial charge in [-0.3, -0.25) is 0 Å². The highest BCUT2D eigenvalue weighted by Gasteiger charge is 2.51. The van der Waals surface area contributed by atoms with Crippen molar-refractivity contribution in [1.29, 1.82) is 0 Å². The summed E-state index contributed by atoms with van der Waals surface area (Å²) in [7, 11) is -0.406. The molecule has 0 radical (unpaired) electrons. The fraction of sp³-hybridized carbons (Fsp3) is 0.409. The summed E-state index contributed by atoms with van der Waals surface area (Å²) in [5.41, 5.74) is 2.35. The molecule has 0 bridgehead atoms. The molecule has 1 aliphatic heterocycles. The standard InChI is InChI=1S/C22H28BN5O2/c1-15-11-26-28(14-15)20-10-7-17(12-25-20)16(2)27-19-9-8-18(13-24-19)23-29-21(3,4)22(5,6)30-23/h7-14,16H,1-6H3,(H,24,27). The van der Waals surface area contributed by atoms with Crippen molar-refractivity contribution in [1.82, 2.24) is 19.7 Å². The van der Waals surface area contributed by atoms with E-state index in [4.69, 9.17) is 9.31 Å². The highest BCUT2D eigenvalue weighted by molar-refractivity contribution is 6.62. The molecule has 0 amide bonds. The first-order valence-corrected chi connectivity index (χ1v) is 10.2. The summed E-state index contributed by atoms with van der Waals surface area (Å²) in [4.78, 5) is 9.07. The van der Waals surface area contributed by atoms with Crippen LogP contribution in [0.3, 0.4) is 0 Å². The quantitative estimate of drug-likeness (QED) is 0.656. The Balaban J connectivity index is 1.41. The van der Waals surface area contributed by atoms with Crippen molar-refractivity contribution in [2.24, 2.45) is 0 Å². The largest absolute Gasteiger partial charge is 0.496 e. The Bertz CT molecular complexity index is 999. The molecule has 0 aliphatic carbocycles. The number of nitrogens with one attached hydrogen (secondary N) is 1. The van der Waals surface area contributed by atoms with Crippen LogP contribution in [0.5, 0.6) is 0 Å². The first-order chi connectivity index (χ1) is 14.1. The van der Waals surface area contributed by atoms with Gasteiger partial charge in [0, 0.05) is 24.1 Å². The minimum atomic E-state index is -0.406. The highest BCUT2D eigenvalue weighted by atomic mass is 16.7. The molecule has 30 heavy (non-hydrogen) atoms. The maximum atomic E-state index is 6.09.